The van der Waals surface area contributed by atoms with E-state index < -0.39 is 24.0 Å². The quantitative estimate of drug-likeness (QED) is 0.278. The van der Waals surface area contributed by atoms with Crippen LogP contribution in [0, 0.1) is 0 Å². The van der Waals surface area contributed by atoms with Crippen molar-refractivity contribution in [3.63, 3.8) is 0 Å². The third kappa shape index (κ3) is 6.77. The molecule has 5 rings (SSSR count). The predicted octanol–water partition coefficient (Wildman–Crippen LogP) is 5.03. The van der Waals surface area contributed by atoms with Crippen molar-refractivity contribution in [2.45, 2.75) is 50.6 Å². The highest BCUT2D eigenvalue weighted by atomic mass is 35.5. The Morgan fingerprint density at radius 2 is 1.93 bits per heavy atom. The van der Waals surface area contributed by atoms with Gasteiger partial charge in [-0.05, 0) is 73.7 Å². The van der Waals surface area contributed by atoms with Crippen LogP contribution in [0.2, 0.25) is 5.02 Å². The van der Waals surface area contributed by atoms with Crippen molar-refractivity contribution in [1.29, 1.82) is 0 Å². The van der Waals surface area contributed by atoms with Crippen LogP contribution in [0.15, 0.2) is 66.9 Å². The Balaban J connectivity index is 1.32. The van der Waals surface area contributed by atoms with Crippen molar-refractivity contribution >= 4 is 23.1 Å². The Morgan fingerprint density at radius 3 is 2.64 bits per heavy atom. The van der Waals surface area contributed by atoms with Gasteiger partial charge in [-0.15, -0.1) is 0 Å². The highest BCUT2D eigenvalue weighted by Gasteiger charge is 2.34. The van der Waals surface area contributed by atoms with Gasteiger partial charge < -0.3 is 34.4 Å². The van der Waals surface area contributed by atoms with Crippen LogP contribution in [0.1, 0.15) is 42.9 Å². The number of aliphatic carboxylic acids is 1. The Hall–Kier alpha value is -3.47. The molecule has 2 aliphatic heterocycles. The number of hydrogen-bond donors (Lipinski definition) is 3. The lowest BCUT2D eigenvalue weighted by molar-refractivity contribution is -0.177. The van der Waals surface area contributed by atoms with E-state index in [1.165, 1.54) is 0 Å². The summed E-state index contributed by atoms with van der Waals surface area (Å²) in [6.45, 7) is 4.22. The molecule has 0 aliphatic carbocycles. The number of benzene rings is 2. The number of fused-ring (bicyclic) bond motifs is 2. The summed E-state index contributed by atoms with van der Waals surface area (Å²) in [5.41, 5.74) is 2.61. The summed E-state index contributed by atoms with van der Waals surface area (Å²) in [6.07, 6.45) is 3.09. The Bertz CT molecular complexity index is 1420. The van der Waals surface area contributed by atoms with Crippen LogP contribution in [0.25, 0.3) is 5.57 Å². The molecule has 2 aromatic carbocycles. The number of ether oxygens (including phenoxy) is 3. The molecule has 1 saturated heterocycles. The fourth-order valence-corrected chi connectivity index (χ4v) is 5.55. The highest BCUT2D eigenvalue weighted by Crippen LogP contribution is 2.42. The molecule has 42 heavy (non-hydrogen) atoms. The number of aliphatic hydroxyl groups excluding tert-OH is 1. The molecule has 2 aliphatic rings. The summed E-state index contributed by atoms with van der Waals surface area (Å²) >= 11 is 6.03. The molecule has 0 amide bonds. The van der Waals surface area contributed by atoms with Crippen LogP contribution in [0.3, 0.4) is 0 Å². The first-order valence-electron chi connectivity index (χ1n) is 14.1. The van der Waals surface area contributed by atoms with Crippen molar-refractivity contribution < 1.29 is 34.3 Å². The number of allylic oxidation sites excluding steroid dienone is 1. The lowest BCUT2D eigenvalue weighted by Crippen LogP contribution is -2.42. The van der Waals surface area contributed by atoms with Crippen LogP contribution in [-0.2, 0) is 21.6 Å². The molecule has 2 unspecified atom stereocenters. The van der Waals surface area contributed by atoms with E-state index in [2.05, 4.69) is 16.0 Å². The van der Waals surface area contributed by atoms with E-state index in [1.807, 2.05) is 42.5 Å². The number of pyridine rings is 1. The van der Waals surface area contributed by atoms with Gasteiger partial charge in [0.25, 0.3) is 0 Å². The van der Waals surface area contributed by atoms with Gasteiger partial charge in [0, 0.05) is 55.0 Å². The third-order valence-electron chi connectivity index (χ3n) is 7.77. The summed E-state index contributed by atoms with van der Waals surface area (Å²) in [4.78, 5) is 18.2. The molecule has 3 heterocycles. The van der Waals surface area contributed by atoms with E-state index >= 15 is 0 Å². The largest absolute Gasteiger partial charge is 0.479 e. The molecule has 9 nitrogen and oxygen atoms in total. The van der Waals surface area contributed by atoms with Gasteiger partial charge in [-0.3, -0.25) is 0 Å². The first kappa shape index (κ1) is 30.0. The van der Waals surface area contributed by atoms with Crippen molar-refractivity contribution in [3.05, 3.63) is 88.6 Å². The van der Waals surface area contributed by atoms with E-state index in [0.29, 0.717) is 47.2 Å². The molecule has 10 heteroatoms. The third-order valence-corrected chi connectivity index (χ3v) is 8.02. The number of hydrogen-bond acceptors (Lipinski definition) is 8. The molecule has 0 spiro atoms. The molecular formula is C32H35ClN2O7. The number of nitrogens with zero attached hydrogens (tertiary/aromatic N) is 2. The maximum Gasteiger partial charge on any atom is 0.339 e. The Morgan fingerprint density at radius 1 is 1.17 bits per heavy atom. The lowest BCUT2D eigenvalue weighted by Gasteiger charge is -2.38. The zero-order chi connectivity index (χ0) is 29.7. The average Bonchev–Trinajstić information content (AvgIpc) is 3.15. The fourth-order valence-electron chi connectivity index (χ4n) is 5.43. The van der Waals surface area contributed by atoms with Gasteiger partial charge in [-0.1, -0.05) is 35.9 Å². The SMILES string of the molecule is CCOC(Oc1cccc2c1CC(=CCCN1CCC(O)(c3ccc(Cl)cc3)CC1)c1cccnc1O2)C(O)C(=O)O. The maximum atomic E-state index is 11.4. The van der Waals surface area contributed by atoms with Gasteiger partial charge in [0.1, 0.15) is 11.5 Å². The van der Waals surface area contributed by atoms with E-state index in [-0.39, 0.29) is 6.61 Å². The molecule has 2 atom stereocenters. The lowest BCUT2D eigenvalue weighted by atomic mass is 9.84. The van der Waals surface area contributed by atoms with Crippen molar-refractivity contribution in [2.24, 2.45) is 0 Å². The van der Waals surface area contributed by atoms with Gasteiger partial charge in [-0.25, -0.2) is 9.78 Å². The number of likely N-dealkylation sites (tertiary alicyclic amines) is 1. The standard InChI is InChI=1S/C32H35ClN2O7/c1-2-40-31(28(36)30(37)38)42-27-9-3-8-26-25(27)20-21(24-7-4-16-34-29(24)41-26)6-5-17-35-18-14-32(39,15-19-35)22-10-12-23(33)13-11-22/h3-4,6-13,16,28,31,36,39H,2,5,14-15,17-20H2,1H3,(H,37,38). The van der Waals surface area contributed by atoms with Crippen LogP contribution in [0.5, 0.6) is 17.4 Å². The fraction of sp³-hybridized carbons (Fsp3) is 0.375. The van der Waals surface area contributed by atoms with Gasteiger partial charge in [0.15, 0.2) is 0 Å². The summed E-state index contributed by atoms with van der Waals surface area (Å²) < 4.78 is 17.5. The van der Waals surface area contributed by atoms with Crippen LogP contribution in [-0.4, -0.2) is 69.8 Å². The topological polar surface area (TPSA) is 122 Å². The summed E-state index contributed by atoms with van der Waals surface area (Å²) in [6, 6.07) is 16.5. The van der Waals surface area contributed by atoms with Crippen LogP contribution >= 0.6 is 11.6 Å². The van der Waals surface area contributed by atoms with Crippen LogP contribution < -0.4 is 9.47 Å². The van der Waals surface area contributed by atoms with Gasteiger partial charge in [0.05, 0.1) is 5.60 Å². The van der Waals surface area contributed by atoms with Crippen molar-refractivity contribution in [3.8, 4) is 17.4 Å². The van der Waals surface area contributed by atoms with Gasteiger partial charge >= 0.3 is 5.97 Å². The summed E-state index contributed by atoms with van der Waals surface area (Å²) in [7, 11) is 0. The number of rotatable bonds is 10. The first-order chi connectivity index (χ1) is 20.3. The van der Waals surface area contributed by atoms with E-state index in [0.717, 1.165) is 42.8 Å². The van der Waals surface area contributed by atoms with Crippen molar-refractivity contribution in [1.82, 2.24) is 9.88 Å². The number of carboxylic acid groups (broad SMARTS) is 1. The molecule has 1 aromatic heterocycles. The minimum atomic E-state index is -1.86. The van der Waals surface area contributed by atoms with Crippen molar-refractivity contribution in [2.75, 3.05) is 26.2 Å². The van der Waals surface area contributed by atoms with Crippen LogP contribution in [0.4, 0.5) is 0 Å². The van der Waals surface area contributed by atoms with Gasteiger partial charge in [0.2, 0.25) is 18.3 Å². The summed E-state index contributed by atoms with van der Waals surface area (Å²) in [5, 5.41) is 31.4. The first-order valence-corrected chi connectivity index (χ1v) is 14.5. The predicted molar refractivity (Wildman–Crippen MR) is 158 cm³/mol. The van der Waals surface area contributed by atoms with E-state index in [1.54, 1.807) is 25.3 Å². The molecule has 0 radical (unpaired) electrons. The molecule has 3 aromatic rings. The van der Waals surface area contributed by atoms with Gasteiger partial charge in [-0.2, -0.15) is 0 Å². The number of carbonyl (C=O) groups is 1. The second-order valence-corrected chi connectivity index (χ2v) is 10.9. The van der Waals surface area contributed by atoms with E-state index in [9.17, 15) is 20.1 Å². The molecular weight excluding hydrogens is 560 g/mol. The number of piperidine rings is 1. The zero-order valence-corrected chi connectivity index (χ0v) is 24.2. The Labute approximate surface area is 249 Å². The minimum Gasteiger partial charge on any atom is -0.479 e. The average molecular weight is 595 g/mol. The number of carboxylic acids is 1. The summed E-state index contributed by atoms with van der Waals surface area (Å²) in [5.74, 6) is -0.0679. The second kappa shape index (κ2) is 13.2. The zero-order valence-electron chi connectivity index (χ0n) is 23.4. The molecule has 0 bridgehead atoms. The molecule has 1 fully saturated rings. The number of aromatic nitrogens is 1. The molecule has 222 valence electrons. The molecule has 3 N–H and O–H groups in total. The number of aliphatic hydroxyl groups is 2. The number of halogens is 1. The normalized spacial score (nSPS) is 18.7. The molecule has 0 saturated carbocycles. The van der Waals surface area contributed by atoms with E-state index in [4.69, 9.17) is 25.8 Å². The second-order valence-electron chi connectivity index (χ2n) is 10.5. The minimum absolute atomic E-state index is 0.161. The monoisotopic (exact) mass is 594 g/mol. The Kier molecular flexibility index (Phi) is 9.45. The highest BCUT2D eigenvalue weighted by molar-refractivity contribution is 6.30. The maximum absolute atomic E-state index is 11.4. The smallest absolute Gasteiger partial charge is 0.339 e.